The van der Waals surface area contributed by atoms with Gasteiger partial charge in [0.1, 0.15) is 0 Å². The molecule has 0 fully saturated rings. The first-order valence-electron chi connectivity index (χ1n) is 6.51. The number of hydrogen-bond donors (Lipinski definition) is 0. The summed E-state index contributed by atoms with van der Waals surface area (Å²) in [6.45, 7) is 0. The maximum atomic E-state index is 13.2. The summed E-state index contributed by atoms with van der Waals surface area (Å²) in [5.74, 6) is -5.21. The standard InChI is InChI=1S/C14H13F7OS/c15-10(13(17,18)12(16)14(19,20)21)7-4-8-23-11(22)9-5-2-1-3-6-9/h1-3,5-6,10,12H,4,7-8H2. The van der Waals surface area contributed by atoms with Crippen LogP contribution in [0.5, 0.6) is 0 Å². The van der Waals surface area contributed by atoms with Gasteiger partial charge in [-0.1, -0.05) is 42.1 Å². The minimum absolute atomic E-state index is 0.0623. The highest BCUT2D eigenvalue weighted by molar-refractivity contribution is 8.14. The van der Waals surface area contributed by atoms with Gasteiger partial charge in [-0.2, -0.15) is 22.0 Å². The Bertz CT molecular complexity index is 504. The summed E-state index contributed by atoms with van der Waals surface area (Å²) in [4.78, 5) is 11.6. The normalized spacial score (nSPS) is 15.3. The number of benzene rings is 1. The van der Waals surface area contributed by atoms with Crippen molar-refractivity contribution in [1.29, 1.82) is 0 Å². The molecule has 0 aliphatic carbocycles. The van der Waals surface area contributed by atoms with Crippen LogP contribution in [0.25, 0.3) is 0 Å². The first-order chi connectivity index (χ1) is 10.6. The van der Waals surface area contributed by atoms with Crippen molar-refractivity contribution in [2.75, 3.05) is 5.75 Å². The second-order valence-corrected chi connectivity index (χ2v) is 5.76. The molecule has 1 rings (SSSR count). The molecule has 2 unspecified atom stereocenters. The lowest BCUT2D eigenvalue weighted by Gasteiger charge is -2.25. The summed E-state index contributed by atoms with van der Waals surface area (Å²) in [6.07, 6.45) is -14.9. The van der Waals surface area contributed by atoms with Gasteiger partial charge in [-0.15, -0.1) is 0 Å². The van der Waals surface area contributed by atoms with Crippen molar-refractivity contribution in [3.05, 3.63) is 35.9 Å². The molecule has 0 aliphatic heterocycles. The van der Waals surface area contributed by atoms with E-state index in [0.29, 0.717) is 5.56 Å². The molecule has 1 aromatic carbocycles. The first kappa shape index (κ1) is 19.8. The van der Waals surface area contributed by atoms with E-state index in [0.717, 1.165) is 11.8 Å². The van der Waals surface area contributed by atoms with Crippen LogP contribution in [0.15, 0.2) is 30.3 Å². The van der Waals surface area contributed by atoms with Gasteiger partial charge in [0.25, 0.3) is 6.17 Å². The van der Waals surface area contributed by atoms with E-state index >= 15 is 0 Å². The van der Waals surface area contributed by atoms with E-state index < -0.39 is 30.9 Å². The Hall–Kier alpha value is -1.25. The van der Waals surface area contributed by atoms with Crippen LogP contribution < -0.4 is 0 Å². The molecule has 0 heterocycles. The summed E-state index contributed by atoms with van der Waals surface area (Å²) in [5.41, 5.74) is 0.362. The highest BCUT2D eigenvalue weighted by atomic mass is 32.2. The van der Waals surface area contributed by atoms with E-state index in [2.05, 4.69) is 0 Å². The molecule has 0 bridgehead atoms. The van der Waals surface area contributed by atoms with E-state index in [9.17, 15) is 35.5 Å². The van der Waals surface area contributed by atoms with Gasteiger partial charge in [-0.25, -0.2) is 8.78 Å². The molecule has 0 amide bonds. The first-order valence-corrected chi connectivity index (χ1v) is 7.50. The smallest absolute Gasteiger partial charge is 0.282 e. The van der Waals surface area contributed by atoms with Crippen LogP contribution in [0.1, 0.15) is 23.2 Å². The quantitative estimate of drug-likeness (QED) is 0.489. The molecule has 0 aliphatic rings. The maximum Gasteiger partial charge on any atom is 0.425 e. The SMILES string of the molecule is O=C(SCCCC(F)C(F)(F)C(F)C(F)(F)F)c1ccccc1. The van der Waals surface area contributed by atoms with Crippen LogP contribution in [0.4, 0.5) is 30.7 Å². The Morgan fingerprint density at radius 1 is 1.04 bits per heavy atom. The number of halogens is 7. The number of thioether (sulfide) groups is 1. The molecule has 130 valence electrons. The monoisotopic (exact) mass is 362 g/mol. The summed E-state index contributed by atoms with van der Waals surface area (Å²) in [7, 11) is 0. The van der Waals surface area contributed by atoms with Crippen molar-refractivity contribution in [2.24, 2.45) is 0 Å². The van der Waals surface area contributed by atoms with Crippen LogP contribution in [-0.4, -0.2) is 35.3 Å². The van der Waals surface area contributed by atoms with Gasteiger partial charge in [-0.3, -0.25) is 4.79 Å². The number of alkyl halides is 7. The number of carbonyl (C=O) groups is 1. The average Bonchev–Trinajstić information content (AvgIpc) is 2.50. The fraction of sp³-hybridized carbons (Fsp3) is 0.500. The van der Waals surface area contributed by atoms with Gasteiger partial charge < -0.3 is 0 Å². The number of carbonyl (C=O) groups excluding carboxylic acids is 1. The van der Waals surface area contributed by atoms with Crippen LogP contribution >= 0.6 is 11.8 Å². The second kappa shape index (κ2) is 8.03. The fourth-order valence-electron chi connectivity index (χ4n) is 1.65. The Kier molecular flexibility index (Phi) is 6.91. The highest BCUT2D eigenvalue weighted by Gasteiger charge is 2.60. The second-order valence-electron chi connectivity index (χ2n) is 4.69. The van der Waals surface area contributed by atoms with E-state index in [-0.39, 0.29) is 17.3 Å². The molecule has 1 aromatic rings. The summed E-state index contributed by atoms with van der Waals surface area (Å²) >= 11 is 0.730. The maximum absolute atomic E-state index is 13.2. The Morgan fingerprint density at radius 3 is 2.13 bits per heavy atom. The minimum Gasteiger partial charge on any atom is -0.282 e. The van der Waals surface area contributed by atoms with Crippen molar-refractivity contribution in [3.63, 3.8) is 0 Å². The van der Waals surface area contributed by atoms with Gasteiger partial charge in [0.15, 0.2) is 6.17 Å². The van der Waals surface area contributed by atoms with E-state index in [1.165, 1.54) is 12.1 Å². The molecule has 0 N–H and O–H groups in total. The number of hydrogen-bond acceptors (Lipinski definition) is 2. The lowest BCUT2D eigenvalue weighted by molar-refractivity contribution is -0.259. The highest BCUT2D eigenvalue weighted by Crippen LogP contribution is 2.39. The van der Waals surface area contributed by atoms with Crippen molar-refractivity contribution >= 4 is 16.9 Å². The fourth-order valence-corrected chi connectivity index (χ4v) is 2.45. The van der Waals surface area contributed by atoms with Gasteiger partial charge in [0.05, 0.1) is 0 Å². The Labute approximate surface area is 132 Å². The minimum atomic E-state index is -5.83. The predicted octanol–water partition coefficient (Wildman–Crippen LogP) is 5.21. The van der Waals surface area contributed by atoms with Crippen molar-refractivity contribution in [1.82, 2.24) is 0 Å². The van der Waals surface area contributed by atoms with Gasteiger partial charge in [-0.05, 0) is 12.8 Å². The van der Waals surface area contributed by atoms with Crippen molar-refractivity contribution in [2.45, 2.75) is 37.3 Å². The Balaban J connectivity index is 2.42. The van der Waals surface area contributed by atoms with Gasteiger partial charge >= 0.3 is 12.1 Å². The van der Waals surface area contributed by atoms with Crippen LogP contribution in [0.2, 0.25) is 0 Å². The van der Waals surface area contributed by atoms with E-state index in [4.69, 9.17) is 0 Å². The van der Waals surface area contributed by atoms with E-state index in [1.54, 1.807) is 18.2 Å². The molecule has 0 saturated carbocycles. The molecular formula is C14H13F7OS. The zero-order valence-electron chi connectivity index (χ0n) is 11.6. The molecule has 23 heavy (non-hydrogen) atoms. The zero-order valence-corrected chi connectivity index (χ0v) is 12.4. The number of rotatable bonds is 7. The molecule has 2 atom stereocenters. The third kappa shape index (κ3) is 5.71. The third-order valence-corrected chi connectivity index (χ3v) is 3.88. The molecule has 0 saturated heterocycles. The lowest BCUT2D eigenvalue weighted by Crippen LogP contribution is -2.47. The van der Waals surface area contributed by atoms with Gasteiger partial charge in [0.2, 0.25) is 5.12 Å². The molecule has 1 nitrogen and oxygen atoms in total. The topological polar surface area (TPSA) is 17.1 Å². The molecule has 0 aromatic heterocycles. The third-order valence-electron chi connectivity index (χ3n) is 2.89. The van der Waals surface area contributed by atoms with Crippen LogP contribution in [-0.2, 0) is 0 Å². The molecule has 9 heteroatoms. The average molecular weight is 362 g/mol. The molecular weight excluding hydrogens is 349 g/mol. The molecule has 0 radical (unpaired) electrons. The molecule has 0 spiro atoms. The van der Waals surface area contributed by atoms with Crippen LogP contribution in [0.3, 0.4) is 0 Å². The van der Waals surface area contributed by atoms with Crippen molar-refractivity contribution in [3.8, 4) is 0 Å². The zero-order chi connectivity index (χ0) is 17.7. The van der Waals surface area contributed by atoms with E-state index in [1.807, 2.05) is 0 Å². The Morgan fingerprint density at radius 2 is 1.61 bits per heavy atom. The summed E-state index contributed by atoms with van der Waals surface area (Å²) in [5, 5.41) is -0.369. The lowest BCUT2D eigenvalue weighted by atomic mass is 10.0. The summed E-state index contributed by atoms with van der Waals surface area (Å²) in [6, 6.07) is 7.97. The predicted molar refractivity (Wildman–Crippen MR) is 73.3 cm³/mol. The van der Waals surface area contributed by atoms with Crippen molar-refractivity contribution < 1.29 is 35.5 Å². The largest absolute Gasteiger partial charge is 0.425 e. The van der Waals surface area contributed by atoms with Gasteiger partial charge in [0, 0.05) is 11.3 Å². The van der Waals surface area contributed by atoms with Crippen LogP contribution in [0, 0.1) is 0 Å². The summed E-state index contributed by atoms with van der Waals surface area (Å²) < 4.78 is 87.6.